The zero-order valence-corrected chi connectivity index (χ0v) is 14.9. The van der Waals surface area contributed by atoms with Crippen molar-refractivity contribution in [3.63, 3.8) is 0 Å². The van der Waals surface area contributed by atoms with Crippen molar-refractivity contribution in [3.8, 4) is 0 Å². The molecular formula is C19H23NO4S. The molecule has 2 N–H and O–H groups in total. The lowest BCUT2D eigenvalue weighted by Gasteiger charge is -2.28. The van der Waals surface area contributed by atoms with Gasteiger partial charge in [-0.25, -0.2) is 4.79 Å². The van der Waals surface area contributed by atoms with E-state index in [4.69, 9.17) is 4.74 Å². The second kappa shape index (κ2) is 8.45. The zero-order valence-electron chi connectivity index (χ0n) is 14.1. The fourth-order valence-corrected chi connectivity index (χ4v) is 4.32. The number of rotatable bonds is 7. The van der Waals surface area contributed by atoms with Gasteiger partial charge in [0.2, 0.25) is 5.91 Å². The first-order valence-electron chi connectivity index (χ1n) is 8.70. The SMILES string of the molecule is O=C(CCCc1csc2ccccc12)NC(C(=O)O)C1CCCOC1. The molecule has 1 aliphatic rings. The van der Waals surface area contributed by atoms with Crippen molar-refractivity contribution in [1.29, 1.82) is 0 Å². The van der Waals surface area contributed by atoms with E-state index < -0.39 is 12.0 Å². The van der Waals surface area contributed by atoms with Gasteiger partial charge in [0.25, 0.3) is 0 Å². The molecule has 3 rings (SSSR count). The van der Waals surface area contributed by atoms with E-state index in [0.29, 0.717) is 26.1 Å². The molecule has 25 heavy (non-hydrogen) atoms. The van der Waals surface area contributed by atoms with Gasteiger partial charge in [0.1, 0.15) is 6.04 Å². The minimum absolute atomic E-state index is 0.143. The van der Waals surface area contributed by atoms with Crippen LogP contribution in [0.25, 0.3) is 10.1 Å². The predicted molar refractivity (Wildman–Crippen MR) is 97.9 cm³/mol. The lowest BCUT2D eigenvalue weighted by atomic mass is 9.93. The van der Waals surface area contributed by atoms with Crippen LogP contribution in [0.1, 0.15) is 31.2 Å². The summed E-state index contributed by atoms with van der Waals surface area (Å²) in [5.41, 5.74) is 1.25. The number of fused-ring (bicyclic) bond motifs is 1. The van der Waals surface area contributed by atoms with Crippen molar-refractivity contribution < 1.29 is 19.4 Å². The Bertz CT molecular complexity index is 736. The molecule has 1 aliphatic heterocycles. The Morgan fingerprint density at radius 2 is 2.20 bits per heavy atom. The Kier molecular flexibility index (Phi) is 6.04. The number of carboxylic acids is 1. The summed E-state index contributed by atoms with van der Waals surface area (Å²) >= 11 is 1.71. The molecule has 6 heteroatoms. The van der Waals surface area contributed by atoms with Crippen molar-refractivity contribution in [1.82, 2.24) is 5.32 Å². The van der Waals surface area contributed by atoms with Gasteiger partial charge in [-0.2, -0.15) is 0 Å². The van der Waals surface area contributed by atoms with Gasteiger partial charge in [-0.05, 0) is 48.1 Å². The van der Waals surface area contributed by atoms with Crippen molar-refractivity contribution in [2.45, 2.75) is 38.1 Å². The molecular weight excluding hydrogens is 338 g/mol. The van der Waals surface area contributed by atoms with Crippen LogP contribution in [-0.4, -0.2) is 36.2 Å². The molecule has 2 aromatic rings. The highest BCUT2D eigenvalue weighted by atomic mass is 32.1. The molecule has 0 saturated carbocycles. The first kappa shape index (κ1) is 17.9. The van der Waals surface area contributed by atoms with Gasteiger partial charge in [-0.1, -0.05) is 18.2 Å². The summed E-state index contributed by atoms with van der Waals surface area (Å²) in [6.07, 6.45) is 3.48. The maximum atomic E-state index is 12.2. The zero-order chi connectivity index (χ0) is 17.6. The fourth-order valence-electron chi connectivity index (χ4n) is 3.32. The third kappa shape index (κ3) is 4.58. The van der Waals surface area contributed by atoms with Gasteiger partial charge in [-0.3, -0.25) is 4.79 Å². The van der Waals surface area contributed by atoms with Crippen LogP contribution in [-0.2, 0) is 20.7 Å². The molecule has 0 aliphatic carbocycles. The maximum Gasteiger partial charge on any atom is 0.326 e. The number of carbonyl (C=O) groups excluding carboxylic acids is 1. The average Bonchev–Trinajstić information content (AvgIpc) is 3.03. The molecule has 0 bridgehead atoms. The number of nitrogens with one attached hydrogen (secondary N) is 1. The Hall–Kier alpha value is -1.92. The van der Waals surface area contributed by atoms with E-state index in [2.05, 4.69) is 22.8 Å². The lowest BCUT2D eigenvalue weighted by Crippen LogP contribution is -2.48. The number of hydrogen-bond acceptors (Lipinski definition) is 4. The van der Waals surface area contributed by atoms with Gasteiger partial charge >= 0.3 is 5.97 Å². The number of benzene rings is 1. The number of amides is 1. The third-order valence-corrected chi connectivity index (χ3v) is 5.67. The van der Waals surface area contributed by atoms with Gasteiger partial charge in [0.05, 0.1) is 6.61 Å². The molecule has 2 heterocycles. The molecule has 0 radical (unpaired) electrons. The van der Waals surface area contributed by atoms with E-state index in [1.807, 2.05) is 12.1 Å². The number of hydrogen-bond donors (Lipinski definition) is 2. The van der Waals surface area contributed by atoms with Gasteiger partial charge in [0.15, 0.2) is 0 Å². The molecule has 2 unspecified atom stereocenters. The van der Waals surface area contributed by atoms with Crippen LogP contribution >= 0.6 is 11.3 Å². The van der Waals surface area contributed by atoms with Crippen molar-refractivity contribution in [2.24, 2.45) is 5.92 Å². The molecule has 1 aromatic heterocycles. The Morgan fingerprint density at radius 3 is 2.96 bits per heavy atom. The van der Waals surface area contributed by atoms with Crippen LogP contribution in [0.2, 0.25) is 0 Å². The number of carboxylic acid groups (broad SMARTS) is 1. The third-order valence-electron chi connectivity index (χ3n) is 4.66. The highest BCUT2D eigenvalue weighted by Gasteiger charge is 2.31. The number of ether oxygens (including phenoxy) is 1. The van der Waals surface area contributed by atoms with Crippen molar-refractivity contribution in [3.05, 3.63) is 35.2 Å². The normalized spacial score (nSPS) is 18.8. The van der Waals surface area contributed by atoms with E-state index >= 15 is 0 Å². The summed E-state index contributed by atoms with van der Waals surface area (Å²) in [6.45, 7) is 1.07. The molecule has 1 fully saturated rings. The highest BCUT2D eigenvalue weighted by molar-refractivity contribution is 7.17. The Labute approximate surface area is 151 Å². The number of carbonyl (C=O) groups is 2. The Balaban J connectivity index is 1.50. The van der Waals surface area contributed by atoms with Gasteiger partial charge in [0, 0.05) is 23.6 Å². The highest BCUT2D eigenvalue weighted by Crippen LogP contribution is 2.26. The van der Waals surface area contributed by atoms with E-state index in [-0.39, 0.29) is 11.8 Å². The molecule has 134 valence electrons. The summed E-state index contributed by atoms with van der Waals surface area (Å²) in [6, 6.07) is 7.39. The average molecular weight is 361 g/mol. The standard InChI is InChI=1S/C19H23NO4S/c21-17(20-18(19(22)23)13-6-4-10-24-11-13)9-3-5-14-12-25-16-8-2-1-7-15(14)16/h1-2,7-8,12-13,18H,3-6,9-11H2,(H,20,21)(H,22,23). The smallest absolute Gasteiger partial charge is 0.326 e. The first-order chi connectivity index (χ1) is 12.1. The molecule has 5 nitrogen and oxygen atoms in total. The summed E-state index contributed by atoms with van der Waals surface area (Å²) < 4.78 is 6.61. The van der Waals surface area contributed by atoms with Gasteiger partial charge in [-0.15, -0.1) is 11.3 Å². The van der Waals surface area contributed by atoms with Crippen LogP contribution < -0.4 is 5.32 Å². The predicted octanol–water partition coefficient (Wildman–Crippen LogP) is 3.22. The van der Waals surface area contributed by atoms with E-state index in [1.54, 1.807) is 11.3 Å². The molecule has 1 saturated heterocycles. The van der Waals surface area contributed by atoms with E-state index in [9.17, 15) is 14.7 Å². The summed E-state index contributed by atoms with van der Waals surface area (Å²) in [5.74, 6) is -1.32. The number of aryl methyl sites for hydroxylation is 1. The van der Waals surface area contributed by atoms with Crippen LogP contribution in [0.4, 0.5) is 0 Å². The second-order valence-corrected chi connectivity index (χ2v) is 7.38. The van der Waals surface area contributed by atoms with E-state index in [1.165, 1.54) is 15.6 Å². The number of thiophene rings is 1. The molecule has 1 amide bonds. The lowest BCUT2D eigenvalue weighted by molar-refractivity contribution is -0.145. The summed E-state index contributed by atoms with van der Waals surface area (Å²) in [4.78, 5) is 23.7. The molecule has 2 atom stereocenters. The van der Waals surface area contributed by atoms with Gasteiger partial charge < -0.3 is 15.2 Å². The van der Waals surface area contributed by atoms with Crippen LogP contribution in [0, 0.1) is 5.92 Å². The summed E-state index contributed by atoms with van der Waals surface area (Å²) in [5, 5.41) is 15.5. The van der Waals surface area contributed by atoms with Crippen LogP contribution in [0.15, 0.2) is 29.6 Å². The first-order valence-corrected chi connectivity index (χ1v) is 9.58. The minimum atomic E-state index is -0.979. The maximum absolute atomic E-state index is 12.2. The minimum Gasteiger partial charge on any atom is -0.480 e. The Morgan fingerprint density at radius 1 is 1.36 bits per heavy atom. The number of aliphatic carboxylic acids is 1. The topological polar surface area (TPSA) is 75.6 Å². The largest absolute Gasteiger partial charge is 0.480 e. The second-order valence-electron chi connectivity index (χ2n) is 6.47. The van der Waals surface area contributed by atoms with Crippen molar-refractivity contribution >= 4 is 33.3 Å². The quantitative estimate of drug-likeness (QED) is 0.794. The van der Waals surface area contributed by atoms with E-state index in [0.717, 1.165) is 19.3 Å². The van der Waals surface area contributed by atoms with Crippen LogP contribution in [0.3, 0.4) is 0 Å². The fraction of sp³-hybridized carbons (Fsp3) is 0.474. The van der Waals surface area contributed by atoms with Crippen LogP contribution in [0.5, 0.6) is 0 Å². The summed E-state index contributed by atoms with van der Waals surface area (Å²) in [7, 11) is 0. The van der Waals surface area contributed by atoms with Crippen molar-refractivity contribution in [2.75, 3.05) is 13.2 Å². The molecule has 0 spiro atoms. The monoisotopic (exact) mass is 361 g/mol. The molecule has 1 aromatic carbocycles.